The summed E-state index contributed by atoms with van der Waals surface area (Å²) in [7, 11) is 0. The van der Waals surface area contributed by atoms with Crippen LogP contribution in [0.5, 0.6) is 5.75 Å². The number of nitrogens with one attached hydrogen (secondary N) is 1. The van der Waals surface area contributed by atoms with Gasteiger partial charge in [-0.25, -0.2) is 0 Å². The molecule has 5 nitrogen and oxygen atoms in total. The maximum Gasteiger partial charge on any atom is 0.264 e. The molecule has 0 aliphatic carbocycles. The number of anilines is 1. The first kappa shape index (κ1) is 17.4. The molecule has 0 atom stereocenters. The molecule has 2 aromatic rings. The van der Waals surface area contributed by atoms with Crippen LogP contribution in [0.1, 0.15) is 48.7 Å². The molecule has 124 valence electrons. The molecular weight excluding hydrogens is 310 g/mol. The van der Waals surface area contributed by atoms with Crippen molar-refractivity contribution in [1.29, 1.82) is 0 Å². The number of benzene rings is 1. The molecule has 0 radical (unpaired) electrons. The Bertz CT molecular complexity index is 666. The molecule has 0 fully saturated rings. The summed E-state index contributed by atoms with van der Waals surface area (Å²) in [6.45, 7) is 8.28. The molecule has 1 aromatic heterocycles. The Hall–Kier alpha value is -1.95. The summed E-state index contributed by atoms with van der Waals surface area (Å²) in [4.78, 5) is 12.0. The second kappa shape index (κ2) is 8.06. The van der Waals surface area contributed by atoms with Crippen LogP contribution in [0.25, 0.3) is 0 Å². The largest absolute Gasteiger partial charge is 0.484 e. The molecule has 0 bridgehead atoms. The summed E-state index contributed by atoms with van der Waals surface area (Å²) >= 11 is 1.43. The van der Waals surface area contributed by atoms with Crippen molar-refractivity contribution in [1.82, 2.24) is 10.2 Å². The normalized spacial score (nSPS) is 10.8. The Kier molecular flexibility index (Phi) is 6.10. The van der Waals surface area contributed by atoms with Gasteiger partial charge in [0, 0.05) is 5.92 Å². The molecule has 0 spiro atoms. The molecule has 0 aliphatic heterocycles. The lowest BCUT2D eigenvalue weighted by Gasteiger charge is -2.08. The van der Waals surface area contributed by atoms with E-state index in [0.29, 0.717) is 16.8 Å². The van der Waals surface area contributed by atoms with E-state index in [-0.39, 0.29) is 12.5 Å². The second-order valence-electron chi connectivity index (χ2n) is 5.54. The van der Waals surface area contributed by atoms with Crippen molar-refractivity contribution in [3.63, 3.8) is 0 Å². The fourth-order valence-electron chi connectivity index (χ4n) is 2.20. The first-order valence-electron chi connectivity index (χ1n) is 7.86. The SMILES string of the molecule is CCC(CC)c1nnc(NC(=O)COc2ccc(C)c(C)c2)s1. The zero-order valence-corrected chi connectivity index (χ0v) is 14.9. The molecule has 0 unspecified atom stereocenters. The van der Waals surface area contributed by atoms with Gasteiger partial charge in [0.1, 0.15) is 10.8 Å². The number of aromatic nitrogens is 2. The lowest BCUT2D eigenvalue weighted by Crippen LogP contribution is -2.20. The van der Waals surface area contributed by atoms with Gasteiger partial charge in [-0.15, -0.1) is 10.2 Å². The average molecular weight is 333 g/mol. The fourth-order valence-corrected chi connectivity index (χ4v) is 3.22. The van der Waals surface area contributed by atoms with Gasteiger partial charge in [-0.3, -0.25) is 10.1 Å². The molecule has 0 saturated carbocycles. The Morgan fingerprint density at radius 2 is 1.96 bits per heavy atom. The number of carbonyl (C=O) groups is 1. The lowest BCUT2D eigenvalue weighted by molar-refractivity contribution is -0.118. The Labute approximate surface area is 141 Å². The third-order valence-corrected chi connectivity index (χ3v) is 4.87. The summed E-state index contributed by atoms with van der Waals surface area (Å²) in [5, 5.41) is 12.4. The predicted octanol–water partition coefficient (Wildman–Crippen LogP) is 4.08. The molecule has 0 saturated heterocycles. The fraction of sp³-hybridized carbons (Fsp3) is 0.471. The highest BCUT2D eigenvalue weighted by molar-refractivity contribution is 7.15. The zero-order valence-electron chi connectivity index (χ0n) is 14.0. The van der Waals surface area contributed by atoms with E-state index in [0.717, 1.165) is 23.4 Å². The molecule has 1 N–H and O–H groups in total. The number of aryl methyl sites for hydroxylation is 2. The first-order chi connectivity index (χ1) is 11.0. The third kappa shape index (κ3) is 4.76. The maximum absolute atomic E-state index is 12.0. The average Bonchev–Trinajstić information content (AvgIpc) is 2.98. The van der Waals surface area contributed by atoms with Crippen molar-refractivity contribution in [3.8, 4) is 5.75 Å². The van der Waals surface area contributed by atoms with E-state index in [1.807, 2.05) is 32.0 Å². The molecular formula is C17H23N3O2S. The van der Waals surface area contributed by atoms with Crippen molar-refractivity contribution >= 4 is 22.4 Å². The van der Waals surface area contributed by atoms with Gasteiger partial charge in [0.15, 0.2) is 6.61 Å². The summed E-state index contributed by atoms with van der Waals surface area (Å²) in [6.07, 6.45) is 2.05. The van der Waals surface area contributed by atoms with Crippen LogP contribution in [0.3, 0.4) is 0 Å². The van der Waals surface area contributed by atoms with Gasteiger partial charge >= 0.3 is 0 Å². The van der Waals surface area contributed by atoms with E-state index < -0.39 is 0 Å². The van der Waals surface area contributed by atoms with Gasteiger partial charge in [-0.05, 0) is 49.9 Å². The second-order valence-corrected chi connectivity index (χ2v) is 6.55. The number of hydrogen-bond acceptors (Lipinski definition) is 5. The smallest absolute Gasteiger partial charge is 0.264 e. The van der Waals surface area contributed by atoms with Gasteiger partial charge in [0.2, 0.25) is 5.13 Å². The number of nitrogens with zero attached hydrogens (tertiary/aromatic N) is 2. The molecule has 1 amide bonds. The zero-order chi connectivity index (χ0) is 16.8. The van der Waals surface area contributed by atoms with Gasteiger partial charge < -0.3 is 4.74 Å². The molecule has 6 heteroatoms. The summed E-state index contributed by atoms with van der Waals surface area (Å²) in [6, 6.07) is 5.78. The number of ether oxygens (including phenoxy) is 1. The topological polar surface area (TPSA) is 64.1 Å². The van der Waals surface area contributed by atoms with Crippen LogP contribution in [-0.2, 0) is 4.79 Å². The number of amides is 1. The minimum atomic E-state index is -0.226. The number of carbonyl (C=O) groups excluding carboxylic acids is 1. The van der Waals surface area contributed by atoms with Crippen molar-refractivity contribution in [2.45, 2.75) is 46.5 Å². The van der Waals surface area contributed by atoms with Gasteiger partial charge in [0.05, 0.1) is 0 Å². The Balaban J connectivity index is 1.88. The van der Waals surface area contributed by atoms with E-state index in [4.69, 9.17) is 4.74 Å². The minimum Gasteiger partial charge on any atom is -0.484 e. The highest BCUT2D eigenvalue weighted by Gasteiger charge is 2.14. The summed E-state index contributed by atoms with van der Waals surface area (Å²) in [5.41, 5.74) is 2.34. The summed E-state index contributed by atoms with van der Waals surface area (Å²) < 4.78 is 5.52. The Morgan fingerprint density at radius 3 is 2.61 bits per heavy atom. The van der Waals surface area contributed by atoms with E-state index in [1.54, 1.807) is 0 Å². The molecule has 1 heterocycles. The minimum absolute atomic E-state index is 0.0393. The summed E-state index contributed by atoms with van der Waals surface area (Å²) in [5.74, 6) is 0.874. The predicted molar refractivity (Wildman–Crippen MR) is 93.3 cm³/mol. The van der Waals surface area contributed by atoms with Gasteiger partial charge in [-0.1, -0.05) is 31.3 Å². The molecule has 2 rings (SSSR count). The Morgan fingerprint density at radius 1 is 1.22 bits per heavy atom. The number of hydrogen-bond donors (Lipinski definition) is 1. The first-order valence-corrected chi connectivity index (χ1v) is 8.68. The van der Waals surface area contributed by atoms with Gasteiger partial charge in [-0.2, -0.15) is 0 Å². The quantitative estimate of drug-likeness (QED) is 0.829. The van der Waals surface area contributed by atoms with Crippen LogP contribution in [0.2, 0.25) is 0 Å². The van der Waals surface area contributed by atoms with E-state index in [9.17, 15) is 4.79 Å². The lowest BCUT2D eigenvalue weighted by atomic mass is 10.1. The highest BCUT2D eigenvalue weighted by Crippen LogP contribution is 2.28. The highest BCUT2D eigenvalue weighted by atomic mass is 32.1. The van der Waals surface area contributed by atoms with Gasteiger partial charge in [0.25, 0.3) is 5.91 Å². The third-order valence-electron chi connectivity index (χ3n) is 3.87. The van der Waals surface area contributed by atoms with Crippen LogP contribution in [0.4, 0.5) is 5.13 Å². The number of rotatable bonds is 7. The standard InChI is InChI=1S/C17H23N3O2S/c1-5-13(6-2)16-19-20-17(23-16)18-15(21)10-22-14-8-7-11(3)12(4)9-14/h7-9,13H,5-6,10H2,1-4H3,(H,18,20,21). The van der Waals surface area contributed by atoms with E-state index in [1.165, 1.54) is 16.9 Å². The van der Waals surface area contributed by atoms with E-state index >= 15 is 0 Å². The maximum atomic E-state index is 12.0. The van der Waals surface area contributed by atoms with Crippen molar-refractivity contribution in [2.75, 3.05) is 11.9 Å². The van der Waals surface area contributed by atoms with Crippen molar-refractivity contribution in [3.05, 3.63) is 34.3 Å². The monoisotopic (exact) mass is 333 g/mol. The van der Waals surface area contributed by atoms with Crippen LogP contribution >= 0.6 is 11.3 Å². The molecule has 1 aromatic carbocycles. The van der Waals surface area contributed by atoms with Crippen LogP contribution in [0.15, 0.2) is 18.2 Å². The van der Waals surface area contributed by atoms with Crippen molar-refractivity contribution < 1.29 is 9.53 Å². The van der Waals surface area contributed by atoms with Crippen LogP contribution < -0.4 is 10.1 Å². The van der Waals surface area contributed by atoms with Crippen molar-refractivity contribution in [2.24, 2.45) is 0 Å². The molecule has 0 aliphatic rings. The van der Waals surface area contributed by atoms with Crippen LogP contribution in [0, 0.1) is 13.8 Å². The van der Waals surface area contributed by atoms with Crippen LogP contribution in [-0.4, -0.2) is 22.7 Å². The molecule has 23 heavy (non-hydrogen) atoms. The van der Waals surface area contributed by atoms with E-state index in [2.05, 4.69) is 29.4 Å².